The molecule has 0 radical (unpaired) electrons. The van der Waals surface area contributed by atoms with E-state index in [9.17, 15) is 0 Å². The van der Waals surface area contributed by atoms with E-state index in [1.807, 2.05) is 0 Å². The van der Waals surface area contributed by atoms with Gasteiger partial charge in [-0.25, -0.2) is 0 Å². The van der Waals surface area contributed by atoms with Crippen LogP contribution in [0.1, 0.15) is 11.1 Å². The molecule has 0 amide bonds. The molecular formula is C15H13BrS. The maximum atomic E-state index is 3.43. The zero-order valence-corrected chi connectivity index (χ0v) is 12.0. The number of thioether (sulfide) groups is 1. The summed E-state index contributed by atoms with van der Waals surface area (Å²) in [5, 5.41) is 0. The predicted octanol–water partition coefficient (Wildman–Crippen LogP) is 5.34. The van der Waals surface area contributed by atoms with E-state index in [1.54, 1.807) is 11.8 Å². The first kappa shape index (κ1) is 12.5. The Labute approximate surface area is 115 Å². The van der Waals surface area contributed by atoms with E-state index in [2.05, 4.69) is 82.9 Å². The smallest absolute Gasteiger partial charge is 0.0175 e. The van der Waals surface area contributed by atoms with E-state index in [0.29, 0.717) is 0 Å². The van der Waals surface area contributed by atoms with Crippen molar-refractivity contribution in [2.45, 2.75) is 4.90 Å². The van der Waals surface area contributed by atoms with Gasteiger partial charge >= 0.3 is 0 Å². The van der Waals surface area contributed by atoms with Crippen LogP contribution in [-0.4, -0.2) is 6.26 Å². The standard InChI is InChI=1S/C15H13BrS/c1-17-15-10-6-13(7-11-15)3-2-12-4-8-14(16)9-5-12/h2-11H,1H3. The van der Waals surface area contributed by atoms with Gasteiger partial charge in [0, 0.05) is 9.37 Å². The van der Waals surface area contributed by atoms with Crippen molar-refractivity contribution in [3.05, 3.63) is 64.1 Å². The molecule has 0 bridgehead atoms. The molecule has 0 heterocycles. The molecule has 0 aliphatic rings. The van der Waals surface area contributed by atoms with Crippen molar-refractivity contribution < 1.29 is 0 Å². The maximum Gasteiger partial charge on any atom is 0.0175 e. The molecule has 0 aromatic heterocycles. The highest BCUT2D eigenvalue weighted by Gasteiger charge is 1.91. The summed E-state index contributed by atoms with van der Waals surface area (Å²) in [6.45, 7) is 0. The summed E-state index contributed by atoms with van der Waals surface area (Å²) in [6, 6.07) is 16.9. The molecule has 0 aliphatic heterocycles. The Bertz CT molecular complexity index is 497. The quantitative estimate of drug-likeness (QED) is 0.545. The molecule has 0 nitrogen and oxygen atoms in total. The van der Waals surface area contributed by atoms with Gasteiger partial charge in [0.25, 0.3) is 0 Å². The molecule has 17 heavy (non-hydrogen) atoms. The molecule has 0 N–H and O–H groups in total. The van der Waals surface area contributed by atoms with Gasteiger partial charge < -0.3 is 0 Å². The Morgan fingerprint density at radius 1 is 0.824 bits per heavy atom. The van der Waals surface area contributed by atoms with E-state index >= 15 is 0 Å². The number of hydrogen-bond acceptors (Lipinski definition) is 1. The average Bonchev–Trinajstić information content (AvgIpc) is 2.39. The Morgan fingerprint density at radius 2 is 1.29 bits per heavy atom. The number of hydrogen-bond donors (Lipinski definition) is 0. The lowest BCUT2D eigenvalue weighted by Crippen LogP contribution is -1.74. The second kappa shape index (κ2) is 6.08. The van der Waals surface area contributed by atoms with Crippen LogP contribution in [0.2, 0.25) is 0 Å². The minimum atomic E-state index is 1.11. The molecule has 0 atom stereocenters. The first-order valence-corrected chi connectivity index (χ1v) is 7.37. The van der Waals surface area contributed by atoms with E-state index in [0.717, 1.165) is 4.47 Å². The van der Waals surface area contributed by atoms with Crippen molar-refractivity contribution in [3.63, 3.8) is 0 Å². The summed E-state index contributed by atoms with van der Waals surface area (Å²) in [5.41, 5.74) is 2.44. The maximum absolute atomic E-state index is 3.43. The second-order valence-electron chi connectivity index (χ2n) is 3.66. The molecule has 0 fully saturated rings. The van der Waals surface area contributed by atoms with Crippen molar-refractivity contribution in [3.8, 4) is 0 Å². The van der Waals surface area contributed by atoms with Gasteiger partial charge in [-0.2, -0.15) is 0 Å². The molecule has 0 unspecified atom stereocenters. The largest absolute Gasteiger partial charge is 0.130 e. The van der Waals surface area contributed by atoms with E-state index < -0.39 is 0 Å². The van der Waals surface area contributed by atoms with Gasteiger partial charge in [-0.3, -0.25) is 0 Å². The van der Waals surface area contributed by atoms with Crippen LogP contribution in [0.4, 0.5) is 0 Å². The molecule has 86 valence electrons. The van der Waals surface area contributed by atoms with Gasteiger partial charge in [0.15, 0.2) is 0 Å². The third kappa shape index (κ3) is 3.76. The van der Waals surface area contributed by atoms with Gasteiger partial charge in [-0.05, 0) is 41.6 Å². The third-order valence-electron chi connectivity index (χ3n) is 2.45. The van der Waals surface area contributed by atoms with Gasteiger partial charge in [-0.1, -0.05) is 52.3 Å². The summed E-state index contributed by atoms with van der Waals surface area (Å²) in [4.78, 5) is 1.30. The average molecular weight is 305 g/mol. The van der Waals surface area contributed by atoms with Gasteiger partial charge in [0.1, 0.15) is 0 Å². The Hall–Kier alpha value is -0.990. The molecule has 2 aromatic carbocycles. The molecule has 2 heteroatoms. The van der Waals surface area contributed by atoms with Crippen LogP contribution in [0.15, 0.2) is 57.9 Å². The Morgan fingerprint density at radius 3 is 1.76 bits per heavy atom. The summed E-state index contributed by atoms with van der Waals surface area (Å²) < 4.78 is 1.11. The summed E-state index contributed by atoms with van der Waals surface area (Å²) in [6.07, 6.45) is 6.35. The monoisotopic (exact) mass is 304 g/mol. The summed E-state index contributed by atoms with van der Waals surface area (Å²) in [5.74, 6) is 0. The van der Waals surface area contributed by atoms with Gasteiger partial charge in [0.2, 0.25) is 0 Å². The van der Waals surface area contributed by atoms with E-state index in [4.69, 9.17) is 0 Å². The third-order valence-corrected chi connectivity index (χ3v) is 3.73. The van der Waals surface area contributed by atoms with Gasteiger partial charge in [0.05, 0.1) is 0 Å². The van der Waals surface area contributed by atoms with E-state index in [-0.39, 0.29) is 0 Å². The fourth-order valence-electron chi connectivity index (χ4n) is 1.48. The SMILES string of the molecule is CSc1ccc(C=Cc2ccc(Br)cc2)cc1. The molecule has 0 saturated carbocycles. The van der Waals surface area contributed by atoms with Crippen molar-refractivity contribution >= 4 is 39.8 Å². The zero-order chi connectivity index (χ0) is 12.1. The number of halogens is 1. The lowest BCUT2D eigenvalue weighted by atomic mass is 10.1. The first-order valence-electron chi connectivity index (χ1n) is 5.35. The van der Waals surface area contributed by atoms with Crippen molar-refractivity contribution in [1.29, 1.82) is 0 Å². The molecule has 0 spiro atoms. The predicted molar refractivity (Wildman–Crippen MR) is 81.3 cm³/mol. The lowest BCUT2D eigenvalue weighted by molar-refractivity contribution is 1.45. The van der Waals surface area contributed by atoms with Crippen LogP contribution in [0.5, 0.6) is 0 Å². The number of rotatable bonds is 3. The Balaban J connectivity index is 2.11. The highest BCUT2D eigenvalue weighted by atomic mass is 79.9. The van der Waals surface area contributed by atoms with Crippen LogP contribution in [0.25, 0.3) is 12.2 Å². The Kier molecular flexibility index (Phi) is 4.46. The molecule has 0 aliphatic carbocycles. The van der Waals surface area contributed by atoms with Crippen LogP contribution < -0.4 is 0 Å². The van der Waals surface area contributed by atoms with Crippen LogP contribution >= 0.6 is 27.7 Å². The van der Waals surface area contributed by atoms with Crippen molar-refractivity contribution in [2.75, 3.05) is 6.26 Å². The minimum Gasteiger partial charge on any atom is -0.130 e. The van der Waals surface area contributed by atoms with E-state index in [1.165, 1.54) is 16.0 Å². The first-order chi connectivity index (χ1) is 8.28. The molecule has 0 saturated heterocycles. The summed E-state index contributed by atoms with van der Waals surface area (Å²) >= 11 is 5.20. The van der Waals surface area contributed by atoms with Crippen LogP contribution in [0.3, 0.4) is 0 Å². The fourth-order valence-corrected chi connectivity index (χ4v) is 2.15. The molecule has 2 aromatic rings. The highest BCUT2D eigenvalue weighted by Crippen LogP contribution is 2.17. The lowest BCUT2D eigenvalue weighted by Gasteiger charge is -1.97. The second-order valence-corrected chi connectivity index (χ2v) is 5.45. The summed E-state index contributed by atoms with van der Waals surface area (Å²) in [7, 11) is 0. The zero-order valence-electron chi connectivity index (χ0n) is 9.56. The van der Waals surface area contributed by atoms with Crippen LogP contribution in [0, 0.1) is 0 Å². The molecule has 2 rings (SSSR count). The topological polar surface area (TPSA) is 0 Å². The normalized spacial score (nSPS) is 10.9. The number of benzene rings is 2. The fraction of sp³-hybridized carbons (Fsp3) is 0.0667. The van der Waals surface area contributed by atoms with Crippen molar-refractivity contribution in [1.82, 2.24) is 0 Å². The molecular weight excluding hydrogens is 292 g/mol. The minimum absolute atomic E-state index is 1.11. The van der Waals surface area contributed by atoms with Crippen molar-refractivity contribution in [2.24, 2.45) is 0 Å². The van der Waals surface area contributed by atoms with Crippen LogP contribution in [-0.2, 0) is 0 Å². The van der Waals surface area contributed by atoms with Gasteiger partial charge in [-0.15, -0.1) is 11.8 Å². The highest BCUT2D eigenvalue weighted by molar-refractivity contribution is 9.10.